The van der Waals surface area contributed by atoms with Gasteiger partial charge in [0.2, 0.25) is 0 Å². The first-order valence-corrected chi connectivity index (χ1v) is 6.95. The molecule has 110 valence electrons. The van der Waals surface area contributed by atoms with Gasteiger partial charge in [-0.2, -0.15) is 0 Å². The van der Waals surface area contributed by atoms with Crippen molar-refractivity contribution >= 4 is 16.9 Å². The standard InChI is InChI=1S/C17H14N2O3/c1-2-10-9-13(17(21)22)16(20)19-15(10)12-5-6-14-11(8-12)4-3-7-18-14/h3-9H,2H2,1H3,(H,19,20)(H,21,22). The Hall–Kier alpha value is -2.95. The molecule has 0 saturated carbocycles. The minimum Gasteiger partial charge on any atom is -0.477 e. The molecule has 0 aliphatic carbocycles. The molecule has 5 heteroatoms. The minimum absolute atomic E-state index is 0.233. The largest absolute Gasteiger partial charge is 0.477 e. The molecule has 0 amide bonds. The zero-order valence-corrected chi connectivity index (χ0v) is 12.0. The van der Waals surface area contributed by atoms with E-state index in [1.165, 1.54) is 6.07 Å². The van der Waals surface area contributed by atoms with Gasteiger partial charge in [-0.25, -0.2) is 4.79 Å². The lowest BCUT2D eigenvalue weighted by molar-refractivity contribution is 0.0695. The van der Waals surface area contributed by atoms with E-state index in [2.05, 4.69) is 9.97 Å². The third kappa shape index (κ3) is 2.37. The molecule has 2 N–H and O–H groups in total. The number of nitrogens with one attached hydrogen (secondary N) is 1. The maximum atomic E-state index is 11.9. The summed E-state index contributed by atoms with van der Waals surface area (Å²) in [6.07, 6.45) is 2.35. The number of carboxylic acid groups (broad SMARTS) is 1. The fourth-order valence-electron chi connectivity index (χ4n) is 2.50. The van der Waals surface area contributed by atoms with Gasteiger partial charge < -0.3 is 10.1 Å². The Morgan fingerprint density at radius 1 is 1.27 bits per heavy atom. The van der Waals surface area contributed by atoms with Gasteiger partial charge in [0.25, 0.3) is 5.56 Å². The highest BCUT2D eigenvalue weighted by atomic mass is 16.4. The van der Waals surface area contributed by atoms with E-state index < -0.39 is 11.5 Å². The molecule has 0 aliphatic heterocycles. The molecule has 2 heterocycles. The number of hydrogen-bond acceptors (Lipinski definition) is 3. The van der Waals surface area contributed by atoms with Crippen LogP contribution in [-0.2, 0) is 6.42 Å². The Balaban J connectivity index is 2.23. The molecule has 22 heavy (non-hydrogen) atoms. The summed E-state index contributed by atoms with van der Waals surface area (Å²) in [5.74, 6) is -1.22. The lowest BCUT2D eigenvalue weighted by Crippen LogP contribution is -2.19. The van der Waals surface area contributed by atoms with Gasteiger partial charge in [0.15, 0.2) is 0 Å². The fourth-order valence-corrected chi connectivity index (χ4v) is 2.50. The average Bonchev–Trinajstić information content (AvgIpc) is 2.53. The van der Waals surface area contributed by atoms with Crippen molar-refractivity contribution in [2.75, 3.05) is 0 Å². The van der Waals surface area contributed by atoms with Crippen LogP contribution < -0.4 is 5.56 Å². The number of nitrogens with zero attached hydrogens (tertiary/aromatic N) is 1. The first-order valence-electron chi connectivity index (χ1n) is 6.95. The van der Waals surface area contributed by atoms with Crippen molar-refractivity contribution in [3.8, 4) is 11.3 Å². The van der Waals surface area contributed by atoms with Crippen LogP contribution in [0.1, 0.15) is 22.8 Å². The molecule has 0 atom stereocenters. The second-order valence-electron chi connectivity index (χ2n) is 4.98. The lowest BCUT2D eigenvalue weighted by Gasteiger charge is -2.10. The highest BCUT2D eigenvalue weighted by molar-refractivity contribution is 5.89. The van der Waals surface area contributed by atoms with Crippen molar-refractivity contribution in [2.45, 2.75) is 13.3 Å². The Morgan fingerprint density at radius 2 is 2.09 bits per heavy atom. The van der Waals surface area contributed by atoms with Gasteiger partial charge in [-0.15, -0.1) is 0 Å². The minimum atomic E-state index is -1.22. The van der Waals surface area contributed by atoms with Crippen molar-refractivity contribution in [2.24, 2.45) is 0 Å². The van der Waals surface area contributed by atoms with Crippen molar-refractivity contribution in [3.63, 3.8) is 0 Å². The number of H-pyrrole nitrogens is 1. The molecule has 0 aliphatic rings. The molecule has 2 aromatic heterocycles. The maximum absolute atomic E-state index is 11.9. The van der Waals surface area contributed by atoms with Gasteiger partial charge in [0.05, 0.1) is 11.2 Å². The van der Waals surface area contributed by atoms with Gasteiger partial charge >= 0.3 is 5.97 Å². The summed E-state index contributed by atoms with van der Waals surface area (Å²) in [5, 5.41) is 10.0. The third-order valence-electron chi connectivity index (χ3n) is 3.63. The molecule has 3 aromatic rings. The van der Waals surface area contributed by atoms with Gasteiger partial charge in [0.1, 0.15) is 5.56 Å². The number of carboxylic acids is 1. The molecular weight excluding hydrogens is 280 g/mol. The number of fused-ring (bicyclic) bond motifs is 1. The Morgan fingerprint density at radius 3 is 2.82 bits per heavy atom. The van der Waals surface area contributed by atoms with Crippen molar-refractivity contribution in [1.29, 1.82) is 0 Å². The van der Waals surface area contributed by atoms with Crippen LogP contribution in [0.15, 0.2) is 47.4 Å². The molecule has 0 bridgehead atoms. The number of pyridine rings is 2. The van der Waals surface area contributed by atoms with Gasteiger partial charge in [-0.3, -0.25) is 9.78 Å². The van der Waals surface area contributed by atoms with E-state index in [9.17, 15) is 9.59 Å². The van der Waals surface area contributed by atoms with Gasteiger partial charge in [-0.1, -0.05) is 19.1 Å². The number of aromatic amines is 1. The summed E-state index contributed by atoms with van der Waals surface area (Å²) >= 11 is 0. The van der Waals surface area contributed by atoms with E-state index >= 15 is 0 Å². The second kappa shape index (κ2) is 5.44. The van der Waals surface area contributed by atoms with Crippen LogP contribution in [0.2, 0.25) is 0 Å². The van der Waals surface area contributed by atoms with Crippen molar-refractivity contribution in [3.05, 3.63) is 64.1 Å². The van der Waals surface area contributed by atoms with Crippen LogP contribution in [0.5, 0.6) is 0 Å². The van der Waals surface area contributed by atoms with E-state index in [4.69, 9.17) is 5.11 Å². The monoisotopic (exact) mass is 294 g/mol. The lowest BCUT2D eigenvalue weighted by atomic mass is 10.0. The van der Waals surface area contributed by atoms with Crippen LogP contribution in [0.4, 0.5) is 0 Å². The first kappa shape index (κ1) is 14.0. The molecular formula is C17H14N2O3. The maximum Gasteiger partial charge on any atom is 0.341 e. The molecule has 1 aromatic carbocycles. The van der Waals surface area contributed by atoms with Crippen molar-refractivity contribution < 1.29 is 9.90 Å². The summed E-state index contributed by atoms with van der Waals surface area (Å²) in [7, 11) is 0. The number of aryl methyl sites for hydroxylation is 1. The summed E-state index contributed by atoms with van der Waals surface area (Å²) < 4.78 is 0. The topological polar surface area (TPSA) is 83.0 Å². The highest BCUT2D eigenvalue weighted by Gasteiger charge is 2.14. The zero-order chi connectivity index (χ0) is 15.7. The zero-order valence-electron chi connectivity index (χ0n) is 12.0. The smallest absolute Gasteiger partial charge is 0.341 e. The molecule has 3 rings (SSSR count). The van der Waals surface area contributed by atoms with Crippen molar-refractivity contribution in [1.82, 2.24) is 9.97 Å². The summed E-state index contributed by atoms with van der Waals surface area (Å²) in [4.78, 5) is 30.0. The SMILES string of the molecule is CCc1cc(C(=O)O)c(=O)[nH]c1-c1ccc2ncccc2c1. The van der Waals surface area contributed by atoms with Crippen LogP contribution in [0.3, 0.4) is 0 Å². The molecule has 5 nitrogen and oxygen atoms in total. The number of aromatic carboxylic acids is 1. The Kier molecular flexibility index (Phi) is 3.47. The molecule has 0 spiro atoms. The van der Waals surface area contributed by atoms with E-state index in [1.54, 1.807) is 6.20 Å². The van der Waals surface area contributed by atoms with E-state index in [0.717, 1.165) is 22.0 Å². The fraction of sp³-hybridized carbons (Fsp3) is 0.118. The van der Waals surface area contributed by atoms with Crippen LogP contribution in [0.25, 0.3) is 22.2 Å². The number of hydrogen-bond donors (Lipinski definition) is 2. The molecule has 0 fully saturated rings. The van der Waals surface area contributed by atoms with Crippen LogP contribution in [-0.4, -0.2) is 21.0 Å². The normalized spacial score (nSPS) is 10.8. The summed E-state index contributed by atoms with van der Waals surface area (Å²) in [6, 6.07) is 10.9. The van der Waals surface area contributed by atoms with E-state index in [-0.39, 0.29) is 5.56 Å². The Labute approximate surface area is 126 Å². The van der Waals surface area contributed by atoms with E-state index in [1.807, 2.05) is 37.3 Å². The first-order chi connectivity index (χ1) is 10.6. The van der Waals surface area contributed by atoms with Gasteiger partial charge in [-0.05, 0) is 41.8 Å². The number of rotatable bonds is 3. The molecule has 0 radical (unpaired) electrons. The van der Waals surface area contributed by atoms with Gasteiger partial charge in [0, 0.05) is 11.6 Å². The number of benzene rings is 1. The number of aromatic nitrogens is 2. The van der Waals surface area contributed by atoms with E-state index in [0.29, 0.717) is 12.1 Å². The molecule has 0 saturated heterocycles. The quantitative estimate of drug-likeness (QED) is 0.778. The summed E-state index contributed by atoms with van der Waals surface area (Å²) in [6.45, 7) is 1.92. The average molecular weight is 294 g/mol. The summed E-state index contributed by atoms with van der Waals surface area (Å²) in [5.41, 5.74) is 2.33. The third-order valence-corrected chi connectivity index (χ3v) is 3.63. The van der Waals surface area contributed by atoms with Crippen LogP contribution >= 0.6 is 0 Å². The van der Waals surface area contributed by atoms with Crippen LogP contribution in [0, 0.1) is 0 Å². The Bertz CT molecular complexity index is 929. The highest BCUT2D eigenvalue weighted by Crippen LogP contribution is 2.25. The molecule has 0 unspecified atom stereocenters. The number of carbonyl (C=O) groups is 1. The second-order valence-corrected chi connectivity index (χ2v) is 4.98. The predicted molar refractivity (Wildman–Crippen MR) is 84.1 cm³/mol. The predicted octanol–water partition coefficient (Wildman–Crippen LogP) is 2.85.